The number of benzene rings is 1. The van der Waals surface area contributed by atoms with Gasteiger partial charge in [-0.25, -0.2) is 0 Å². The molecule has 1 aliphatic heterocycles. The predicted molar refractivity (Wildman–Crippen MR) is 115 cm³/mol. The highest BCUT2D eigenvalue weighted by molar-refractivity contribution is 6.02. The summed E-state index contributed by atoms with van der Waals surface area (Å²) in [6.45, 7) is 9.73. The fourth-order valence-electron chi connectivity index (χ4n) is 3.46. The Labute approximate surface area is 169 Å². The van der Waals surface area contributed by atoms with Crippen LogP contribution in [0.2, 0.25) is 0 Å². The van der Waals surface area contributed by atoms with Crippen LogP contribution >= 0.6 is 0 Å². The maximum atomic E-state index is 12.9. The number of quaternary nitrogens is 1. The van der Waals surface area contributed by atoms with Crippen LogP contribution in [0, 0.1) is 5.41 Å². The maximum absolute atomic E-state index is 12.9. The van der Waals surface area contributed by atoms with Crippen molar-refractivity contribution in [1.29, 1.82) is 0 Å². The quantitative estimate of drug-likeness (QED) is 0.595. The molecule has 6 heteroatoms. The lowest BCUT2D eigenvalue weighted by molar-refractivity contribution is -0.858. The van der Waals surface area contributed by atoms with E-state index >= 15 is 0 Å². The highest BCUT2D eigenvalue weighted by atomic mass is 16.2. The van der Waals surface area contributed by atoms with Gasteiger partial charge < -0.3 is 20.4 Å². The molecule has 3 N–H and O–H groups in total. The van der Waals surface area contributed by atoms with Gasteiger partial charge in [0.05, 0.1) is 26.2 Å². The number of anilines is 2. The van der Waals surface area contributed by atoms with Gasteiger partial charge in [0.2, 0.25) is 5.91 Å². The lowest BCUT2D eigenvalue weighted by Crippen LogP contribution is -3.05. The minimum Gasteiger partial charge on any atom is -0.371 e. The highest BCUT2D eigenvalue weighted by Gasteiger charge is 2.21. The molecule has 0 spiro atoms. The first kappa shape index (κ1) is 22.2. The van der Waals surface area contributed by atoms with Crippen LogP contribution in [0.1, 0.15) is 56.8 Å². The summed E-state index contributed by atoms with van der Waals surface area (Å²) >= 11 is 0. The van der Waals surface area contributed by atoms with Crippen LogP contribution in [-0.2, 0) is 4.79 Å². The Balaban J connectivity index is 2.13. The summed E-state index contributed by atoms with van der Waals surface area (Å²) < 4.78 is 0. The molecule has 1 aromatic rings. The van der Waals surface area contributed by atoms with Gasteiger partial charge in [-0.05, 0) is 36.5 Å². The Bertz CT molecular complexity index is 674. The van der Waals surface area contributed by atoms with Crippen LogP contribution in [-0.4, -0.2) is 52.1 Å². The van der Waals surface area contributed by atoms with E-state index in [1.54, 1.807) is 0 Å². The van der Waals surface area contributed by atoms with Crippen molar-refractivity contribution < 1.29 is 14.5 Å². The van der Waals surface area contributed by atoms with Crippen molar-refractivity contribution in [3.8, 4) is 0 Å². The molecule has 2 rings (SSSR count). The minimum absolute atomic E-state index is 0.0262. The molecule has 0 radical (unpaired) electrons. The van der Waals surface area contributed by atoms with E-state index in [9.17, 15) is 9.59 Å². The Morgan fingerprint density at radius 3 is 2.43 bits per heavy atom. The van der Waals surface area contributed by atoms with Crippen LogP contribution in [0.15, 0.2) is 18.2 Å². The lowest BCUT2D eigenvalue weighted by Gasteiger charge is -2.22. The SMILES string of the molecule is C[NH+](C)CCCNC(=O)c1cc(NC(=O)CC(C)(C)C)ccc1N1CCCC1. The number of amides is 2. The van der Waals surface area contributed by atoms with Crippen molar-refractivity contribution >= 4 is 23.2 Å². The van der Waals surface area contributed by atoms with Gasteiger partial charge in [0.25, 0.3) is 5.91 Å². The van der Waals surface area contributed by atoms with E-state index in [4.69, 9.17) is 0 Å². The molecule has 1 aliphatic rings. The number of hydrogen-bond acceptors (Lipinski definition) is 3. The summed E-state index contributed by atoms with van der Waals surface area (Å²) in [6, 6.07) is 5.69. The molecule has 0 atom stereocenters. The van der Waals surface area contributed by atoms with Crippen LogP contribution in [0.4, 0.5) is 11.4 Å². The van der Waals surface area contributed by atoms with Gasteiger partial charge in [0, 0.05) is 43.9 Å². The molecular formula is C22H37N4O2+. The first-order chi connectivity index (χ1) is 13.2. The third kappa shape index (κ3) is 7.15. The minimum atomic E-state index is -0.0752. The highest BCUT2D eigenvalue weighted by Crippen LogP contribution is 2.28. The maximum Gasteiger partial charge on any atom is 0.253 e. The summed E-state index contributed by atoms with van der Waals surface area (Å²) in [5.41, 5.74) is 2.21. The molecule has 0 aromatic heterocycles. The molecule has 1 heterocycles. The summed E-state index contributed by atoms with van der Waals surface area (Å²) in [5.74, 6) is -0.0932. The molecule has 156 valence electrons. The van der Waals surface area contributed by atoms with Gasteiger partial charge in [-0.1, -0.05) is 20.8 Å². The van der Waals surface area contributed by atoms with Gasteiger partial charge in [0.15, 0.2) is 0 Å². The van der Waals surface area contributed by atoms with E-state index in [2.05, 4.69) is 29.6 Å². The zero-order valence-corrected chi connectivity index (χ0v) is 18.2. The number of nitrogens with one attached hydrogen (secondary N) is 3. The van der Waals surface area contributed by atoms with E-state index < -0.39 is 0 Å². The first-order valence-electron chi connectivity index (χ1n) is 10.4. The Hall–Kier alpha value is -2.08. The Kier molecular flexibility index (Phi) is 7.87. The molecule has 0 bridgehead atoms. The molecule has 1 fully saturated rings. The lowest BCUT2D eigenvalue weighted by atomic mass is 9.92. The van der Waals surface area contributed by atoms with E-state index in [1.165, 1.54) is 4.90 Å². The summed E-state index contributed by atoms with van der Waals surface area (Å²) in [5, 5.41) is 6.00. The molecule has 0 saturated carbocycles. The van der Waals surface area contributed by atoms with Gasteiger partial charge >= 0.3 is 0 Å². The fourth-order valence-corrected chi connectivity index (χ4v) is 3.46. The number of rotatable bonds is 8. The number of carbonyl (C=O) groups is 2. The third-order valence-corrected chi connectivity index (χ3v) is 4.80. The number of hydrogen-bond donors (Lipinski definition) is 3. The van der Waals surface area contributed by atoms with Crippen molar-refractivity contribution in [3.63, 3.8) is 0 Å². The van der Waals surface area contributed by atoms with E-state index in [1.807, 2.05) is 39.0 Å². The molecule has 6 nitrogen and oxygen atoms in total. The van der Waals surface area contributed by atoms with Crippen molar-refractivity contribution in [3.05, 3.63) is 23.8 Å². The zero-order valence-electron chi connectivity index (χ0n) is 18.2. The predicted octanol–water partition coefficient (Wildman–Crippen LogP) is 1.93. The molecule has 1 aromatic carbocycles. The molecule has 0 aliphatic carbocycles. The van der Waals surface area contributed by atoms with Gasteiger partial charge in [0.1, 0.15) is 0 Å². The van der Waals surface area contributed by atoms with Gasteiger partial charge in [-0.3, -0.25) is 9.59 Å². The molecule has 2 amide bonds. The van der Waals surface area contributed by atoms with Crippen LogP contribution < -0.4 is 20.4 Å². The number of nitrogens with zero attached hydrogens (tertiary/aromatic N) is 1. The van der Waals surface area contributed by atoms with E-state index in [0.29, 0.717) is 24.2 Å². The van der Waals surface area contributed by atoms with Crippen molar-refractivity contribution in [2.75, 3.05) is 50.5 Å². The van der Waals surface area contributed by atoms with Gasteiger partial charge in [-0.2, -0.15) is 0 Å². The second-order valence-electron chi connectivity index (χ2n) is 9.28. The summed E-state index contributed by atoms with van der Waals surface area (Å²) in [4.78, 5) is 28.8. The van der Waals surface area contributed by atoms with Gasteiger partial charge in [-0.15, -0.1) is 0 Å². The molecular weight excluding hydrogens is 352 g/mol. The average Bonchev–Trinajstić information content (AvgIpc) is 3.11. The van der Waals surface area contributed by atoms with Crippen LogP contribution in [0.5, 0.6) is 0 Å². The number of carbonyl (C=O) groups excluding carboxylic acids is 2. The zero-order chi connectivity index (χ0) is 20.7. The topological polar surface area (TPSA) is 65.9 Å². The monoisotopic (exact) mass is 389 g/mol. The average molecular weight is 390 g/mol. The van der Waals surface area contributed by atoms with E-state index in [-0.39, 0.29) is 17.2 Å². The standard InChI is InChI=1S/C22H36N4O2/c1-22(2,3)16-20(27)24-17-9-10-19(26-13-6-7-14-26)18(15-17)21(28)23-11-8-12-25(4)5/h9-10,15H,6-8,11-14,16H2,1-5H3,(H,23,28)(H,24,27)/p+1. The molecule has 1 saturated heterocycles. The Morgan fingerprint density at radius 2 is 1.82 bits per heavy atom. The Morgan fingerprint density at radius 1 is 1.14 bits per heavy atom. The van der Waals surface area contributed by atoms with Crippen LogP contribution in [0.25, 0.3) is 0 Å². The molecule has 28 heavy (non-hydrogen) atoms. The summed E-state index contributed by atoms with van der Waals surface area (Å²) in [6.07, 6.45) is 3.68. The second kappa shape index (κ2) is 9.92. The smallest absolute Gasteiger partial charge is 0.253 e. The normalized spacial score (nSPS) is 14.4. The van der Waals surface area contributed by atoms with E-state index in [0.717, 1.165) is 44.6 Å². The first-order valence-corrected chi connectivity index (χ1v) is 10.4. The van der Waals surface area contributed by atoms with Crippen molar-refractivity contribution in [2.24, 2.45) is 5.41 Å². The van der Waals surface area contributed by atoms with Crippen molar-refractivity contribution in [1.82, 2.24) is 5.32 Å². The van der Waals surface area contributed by atoms with Crippen LogP contribution in [0.3, 0.4) is 0 Å². The second-order valence-corrected chi connectivity index (χ2v) is 9.28. The third-order valence-electron chi connectivity index (χ3n) is 4.80. The summed E-state index contributed by atoms with van der Waals surface area (Å²) in [7, 11) is 4.22. The largest absolute Gasteiger partial charge is 0.371 e. The van der Waals surface area contributed by atoms with Crippen molar-refractivity contribution in [2.45, 2.75) is 46.5 Å². The fraction of sp³-hybridized carbons (Fsp3) is 0.636. The molecule has 0 unspecified atom stereocenters.